The van der Waals surface area contributed by atoms with Crippen LogP contribution >= 0.6 is 0 Å². The minimum Gasteiger partial charge on any atom is -0.497 e. The molecule has 0 unspecified atom stereocenters. The van der Waals surface area contributed by atoms with Crippen LogP contribution in [0.25, 0.3) is 28.0 Å². The summed E-state index contributed by atoms with van der Waals surface area (Å²) in [4.78, 5) is 11.6. The molecule has 0 N–H and O–H groups in total. The minimum atomic E-state index is -0.364. The summed E-state index contributed by atoms with van der Waals surface area (Å²) in [6.45, 7) is 2.13. The maximum Gasteiger partial charge on any atom is 0.330 e. The van der Waals surface area contributed by atoms with Crippen LogP contribution in [0.15, 0.2) is 84.9 Å². The molecule has 0 aliphatic heterocycles. The Hall–Kier alpha value is -4.25. The number of benzene rings is 4. The number of rotatable bonds is 8. The zero-order valence-corrected chi connectivity index (χ0v) is 19.4. The molecule has 0 saturated carbocycles. The highest BCUT2D eigenvalue weighted by Gasteiger charge is 2.14. The van der Waals surface area contributed by atoms with Gasteiger partial charge in [-0.25, -0.2) is 4.79 Å². The van der Waals surface area contributed by atoms with E-state index in [2.05, 4.69) is 6.07 Å². The maximum atomic E-state index is 11.6. The van der Waals surface area contributed by atoms with Gasteiger partial charge in [0.05, 0.1) is 20.8 Å². The topological polar surface area (TPSA) is 54.0 Å². The Morgan fingerprint density at radius 3 is 2.29 bits per heavy atom. The van der Waals surface area contributed by atoms with Crippen molar-refractivity contribution >= 4 is 22.8 Å². The fourth-order valence-corrected chi connectivity index (χ4v) is 3.65. The van der Waals surface area contributed by atoms with Crippen LogP contribution in [0.5, 0.6) is 23.0 Å². The van der Waals surface area contributed by atoms with Crippen LogP contribution in [0.1, 0.15) is 12.5 Å². The van der Waals surface area contributed by atoms with E-state index in [4.69, 9.17) is 18.9 Å². The maximum absolute atomic E-state index is 11.6. The van der Waals surface area contributed by atoms with Crippen molar-refractivity contribution in [2.45, 2.75) is 6.92 Å². The number of hydrogen-bond acceptors (Lipinski definition) is 5. The van der Waals surface area contributed by atoms with Gasteiger partial charge < -0.3 is 18.9 Å². The molecule has 34 heavy (non-hydrogen) atoms. The number of esters is 1. The molecular formula is C29H26O5. The van der Waals surface area contributed by atoms with Crippen LogP contribution in [0.2, 0.25) is 0 Å². The lowest BCUT2D eigenvalue weighted by molar-refractivity contribution is -0.137. The molecule has 4 rings (SSSR count). The molecule has 0 saturated heterocycles. The summed E-state index contributed by atoms with van der Waals surface area (Å²) < 4.78 is 22.2. The number of fused-ring (bicyclic) bond motifs is 1. The fourth-order valence-electron chi connectivity index (χ4n) is 3.65. The van der Waals surface area contributed by atoms with E-state index < -0.39 is 0 Å². The van der Waals surface area contributed by atoms with Crippen molar-refractivity contribution in [3.8, 4) is 34.1 Å². The number of carbonyl (C=O) groups excluding carboxylic acids is 1. The van der Waals surface area contributed by atoms with Crippen molar-refractivity contribution in [1.82, 2.24) is 0 Å². The third-order valence-corrected chi connectivity index (χ3v) is 5.36. The number of methoxy groups -OCH3 is 2. The molecule has 0 aliphatic carbocycles. The monoisotopic (exact) mass is 454 g/mol. The summed E-state index contributed by atoms with van der Waals surface area (Å²) >= 11 is 0. The number of carbonyl (C=O) groups is 1. The van der Waals surface area contributed by atoms with E-state index in [1.54, 1.807) is 27.2 Å². The van der Waals surface area contributed by atoms with E-state index in [0.717, 1.165) is 44.7 Å². The average Bonchev–Trinajstić information content (AvgIpc) is 2.88. The molecule has 0 aromatic heterocycles. The van der Waals surface area contributed by atoms with E-state index in [1.165, 1.54) is 6.08 Å². The zero-order chi connectivity index (χ0) is 23.9. The summed E-state index contributed by atoms with van der Waals surface area (Å²) in [6, 6.07) is 25.5. The fraction of sp³-hybridized carbons (Fsp3) is 0.138. The second-order valence-corrected chi connectivity index (χ2v) is 7.52. The quantitative estimate of drug-likeness (QED) is 0.214. The van der Waals surface area contributed by atoms with Crippen molar-refractivity contribution in [3.05, 3.63) is 90.5 Å². The molecule has 0 bridgehead atoms. The number of ether oxygens (including phenoxy) is 4. The molecule has 4 aromatic carbocycles. The molecular weight excluding hydrogens is 428 g/mol. The molecule has 0 fully saturated rings. The molecule has 5 heteroatoms. The molecule has 0 aliphatic rings. The third-order valence-electron chi connectivity index (χ3n) is 5.36. The van der Waals surface area contributed by atoms with Gasteiger partial charge in [-0.1, -0.05) is 30.3 Å². The lowest BCUT2D eigenvalue weighted by Crippen LogP contribution is -1.98. The first kappa shape index (κ1) is 22.9. The first-order valence-corrected chi connectivity index (χ1v) is 11.0. The molecule has 5 nitrogen and oxygen atoms in total. The van der Waals surface area contributed by atoms with E-state index in [1.807, 2.05) is 72.8 Å². The summed E-state index contributed by atoms with van der Waals surface area (Å²) in [7, 11) is 3.31. The van der Waals surface area contributed by atoms with Crippen molar-refractivity contribution < 1.29 is 23.7 Å². The summed E-state index contributed by atoms with van der Waals surface area (Å²) in [5.41, 5.74) is 2.81. The lowest BCUT2D eigenvalue weighted by atomic mass is 9.99. The Morgan fingerprint density at radius 2 is 1.56 bits per heavy atom. The van der Waals surface area contributed by atoms with Crippen LogP contribution in [0.4, 0.5) is 0 Å². The standard InChI is InChI=1S/C29H26O5/c1-4-33-28(30)17-10-20-8-12-23(13-9-20)34-29-26(21-6-5-7-24(18-21)31-2)15-11-22-19-25(32-3)14-16-27(22)29/h5-19H,4H2,1-3H3. The highest BCUT2D eigenvalue weighted by atomic mass is 16.5. The van der Waals surface area contributed by atoms with Crippen molar-refractivity contribution in [2.75, 3.05) is 20.8 Å². The SMILES string of the molecule is CCOC(=O)C=Cc1ccc(Oc2c(-c3cccc(OC)c3)ccc3cc(OC)ccc23)cc1. The minimum absolute atomic E-state index is 0.350. The van der Waals surface area contributed by atoms with Gasteiger partial charge in [0.2, 0.25) is 0 Å². The van der Waals surface area contributed by atoms with Gasteiger partial charge in [0.1, 0.15) is 23.0 Å². The Bertz CT molecular complexity index is 1320. The molecule has 172 valence electrons. The normalized spacial score (nSPS) is 10.9. The van der Waals surface area contributed by atoms with E-state index >= 15 is 0 Å². The van der Waals surface area contributed by atoms with Gasteiger partial charge in [-0.05, 0) is 78.0 Å². The van der Waals surface area contributed by atoms with Crippen LogP contribution in [0.3, 0.4) is 0 Å². The third kappa shape index (κ3) is 5.21. The van der Waals surface area contributed by atoms with Crippen LogP contribution < -0.4 is 14.2 Å². The van der Waals surface area contributed by atoms with Crippen LogP contribution in [-0.2, 0) is 9.53 Å². The molecule has 4 aromatic rings. The molecule has 0 atom stereocenters. The number of hydrogen-bond donors (Lipinski definition) is 0. The molecule has 0 radical (unpaired) electrons. The van der Waals surface area contributed by atoms with Crippen molar-refractivity contribution in [2.24, 2.45) is 0 Å². The largest absolute Gasteiger partial charge is 0.497 e. The van der Waals surface area contributed by atoms with Crippen LogP contribution in [-0.4, -0.2) is 26.8 Å². The van der Waals surface area contributed by atoms with E-state index in [9.17, 15) is 4.79 Å². The summed E-state index contributed by atoms with van der Waals surface area (Å²) in [6.07, 6.45) is 3.13. The van der Waals surface area contributed by atoms with Gasteiger partial charge in [-0.2, -0.15) is 0 Å². The predicted molar refractivity (Wildman–Crippen MR) is 135 cm³/mol. The predicted octanol–water partition coefficient (Wildman–Crippen LogP) is 6.89. The lowest BCUT2D eigenvalue weighted by Gasteiger charge is -2.16. The first-order valence-electron chi connectivity index (χ1n) is 11.0. The summed E-state index contributed by atoms with van der Waals surface area (Å²) in [5, 5.41) is 1.97. The smallest absolute Gasteiger partial charge is 0.330 e. The van der Waals surface area contributed by atoms with E-state index in [0.29, 0.717) is 12.4 Å². The highest BCUT2D eigenvalue weighted by molar-refractivity contribution is 5.96. The Kier molecular flexibility index (Phi) is 7.13. The Balaban J connectivity index is 1.73. The second kappa shape index (κ2) is 10.6. The van der Waals surface area contributed by atoms with Gasteiger partial charge in [-0.3, -0.25) is 0 Å². The molecule has 0 amide bonds. The average molecular weight is 455 g/mol. The van der Waals surface area contributed by atoms with Gasteiger partial charge in [-0.15, -0.1) is 0 Å². The first-order chi connectivity index (χ1) is 16.6. The molecule has 0 heterocycles. The van der Waals surface area contributed by atoms with Gasteiger partial charge in [0.15, 0.2) is 0 Å². The van der Waals surface area contributed by atoms with Gasteiger partial charge in [0, 0.05) is 17.0 Å². The van der Waals surface area contributed by atoms with E-state index in [-0.39, 0.29) is 5.97 Å². The Morgan fingerprint density at radius 1 is 0.824 bits per heavy atom. The van der Waals surface area contributed by atoms with Crippen molar-refractivity contribution in [3.63, 3.8) is 0 Å². The van der Waals surface area contributed by atoms with Crippen molar-refractivity contribution in [1.29, 1.82) is 0 Å². The van der Waals surface area contributed by atoms with Gasteiger partial charge >= 0.3 is 5.97 Å². The molecule has 0 spiro atoms. The second-order valence-electron chi connectivity index (χ2n) is 7.52. The van der Waals surface area contributed by atoms with Gasteiger partial charge in [0.25, 0.3) is 0 Å². The van der Waals surface area contributed by atoms with Crippen LogP contribution in [0, 0.1) is 0 Å². The zero-order valence-electron chi connectivity index (χ0n) is 19.4. The highest BCUT2D eigenvalue weighted by Crippen LogP contribution is 2.41. The Labute approximate surface area is 199 Å². The summed E-state index contributed by atoms with van der Waals surface area (Å²) in [5.74, 6) is 2.61.